The van der Waals surface area contributed by atoms with E-state index < -0.39 is 29.6 Å². The van der Waals surface area contributed by atoms with Crippen LogP contribution in [0.5, 0.6) is 0 Å². The van der Waals surface area contributed by atoms with E-state index in [0.29, 0.717) is 5.76 Å². The van der Waals surface area contributed by atoms with Gasteiger partial charge in [0.2, 0.25) is 0 Å². The lowest BCUT2D eigenvalue weighted by Crippen LogP contribution is -2.55. The summed E-state index contributed by atoms with van der Waals surface area (Å²) >= 11 is 0. The third kappa shape index (κ3) is 1.14. The van der Waals surface area contributed by atoms with Gasteiger partial charge >= 0.3 is 5.97 Å². The number of aryl methyl sites for hydroxylation is 1. The minimum atomic E-state index is -2.47. The number of esters is 1. The van der Waals surface area contributed by atoms with E-state index in [0.717, 1.165) is 0 Å². The standard InChI is InChI=1S/C11H12O7/c1-5-2-3-7(17-5)10(14)9(13)18-8-6(12)4-16-11(8,10)15/h2-3,6,8,12,14-15H,4H2,1H3. The van der Waals surface area contributed by atoms with Crippen LogP contribution in [0.4, 0.5) is 0 Å². The van der Waals surface area contributed by atoms with Crippen molar-refractivity contribution in [2.45, 2.75) is 30.5 Å². The molecule has 4 unspecified atom stereocenters. The van der Waals surface area contributed by atoms with Gasteiger partial charge in [-0.15, -0.1) is 0 Å². The van der Waals surface area contributed by atoms with E-state index in [2.05, 4.69) is 0 Å². The Morgan fingerprint density at radius 2 is 2.11 bits per heavy atom. The molecular weight excluding hydrogens is 244 g/mol. The lowest BCUT2D eigenvalue weighted by atomic mass is 9.89. The van der Waals surface area contributed by atoms with E-state index >= 15 is 0 Å². The van der Waals surface area contributed by atoms with Gasteiger partial charge in [-0.1, -0.05) is 0 Å². The highest BCUT2D eigenvalue weighted by molar-refractivity contribution is 5.84. The molecule has 3 rings (SSSR count). The minimum absolute atomic E-state index is 0.177. The van der Waals surface area contributed by atoms with E-state index in [1.54, 1.807) is 6.92 Å². The maximum absolute atomic E-state index is 11.8. The van der Waals surface area contributed by atoms with Crippen molar-refractivity contribution in [2.75, 3.05) is 6.61 Å². The number of carbonyl (C=O) groups excluding carboxylic acids is 1. The van der Waals surface area contributed by atoms with Gasteiger partial charge in [0, 0.05) is 0 Å². The number of fused-ring (bicyclic) bond motifs is 1. The molecule has 2 aliphatic rings. The fourth-order valence-electron chi connectivity index (χ4n) is 2.36. The summed E-state index contributed by atoms with van der Waals surface area (Å²) in [6.45, 7) is 1.38. The van der Waals surface area contributed by atoms with Crippen molar-refractivity contribution in [3.05, 3.63) is 23.7 Å². The van der Waals surface area contributed by atoms with Gasteiger partial charge in [-0.25, -0.2) is 4.79 Å². The largest absolute Gasteiger partial charge is 0.462 e. The molecule has 0 amide bonds. The number of ether oxygens (including phenoxy) is 2. The van der Waals surface area contributed by atoms with Crippen molar-refractivity contribution in [3.63, 3.8) is 0 Å². The number of rotatable bonds is 1. The van der Waals surface area contributed by atoms with Gasteiger partial charge in [0.05, 0.1) is 6.61 Å². The van der Waals surface area contributed by atoms with Crippen molar-refractivity contribution in [1.29, 1.82) is 0 Å². The second-order valence-electron chi connectivity index (χ2n) is 4.52. The van der Waals surface area contributed by atoms with E-state index in [9.17, 15) is 20.1 Å². The molecule has 2 fully saturated rings. The number of carbonyl (C=O) groups is 1. The molecule has 3 N–H and O–H groups in total. The molecule has 0 aliphatic carbocycles. The van der Waals surface area contributed by atoms with Crippen LogP contribution < -0.4 is 0 Å². The molecular formula is C11H12O7. The molecule has 1 aromatic rings. The molecule has 0 bridgehead atoms. The lowest BCUT2D eigenvalue weighted by molar-refractivity contribution is -0.271. The third-order valence-corrected chi connectivity index (χ3v) is 3.35. The van der Waals surface area contributed by atoms with E-state index in [1.165, 1.54) is 12.1 Å². The molecule has 0 spiro atoms. The number of furan rings is 1. The summed E-state index contributed by atoms with van der Waals surface area (Å²) in [6.07, 6.45) is -2.52. The molecule has 98 valence electrons. The maximum atomic E-state index is 11.8. The highest BCUT2D eigenvalue weighted by Crippen LogP contribution is 2.48. The minimum Gasteiger partial charge on any atom is -0.462 e. The zero-order valence-corrected chi connectivity index (χ0v) is 9.49. The Balaban J connectivity index is 2.13. The van der Waals surface area contributed by atoms with Gasteiger partial charge in [0.15, 0.2) is 11.9 Å². The van der Waals surface area contributed by atoms with Gasteiger partial charge in [0.25, 0.3) is 11.4 Å². The van der Waals surface area contributed by atoms with Gasteiger partial charge in [-0.3, -0.25) is 0 Å². The first-order valence-electron chi connectivity index (χ1n) is 5.44. The Morgan fingerprint density at radius 3 is 2.72 bits per heavy atom. The number of hydrogen-bond donors (Lipinski definition) is 3. The number of hydrogen-bond acceptors (Lipinski definition) is 7. The molecule has 2 saturated heterocycles. The van der Waals surface area contributed by atoms with Crippen LogP contribution in [0.25, 0.3) is 0 Å². The zero-order chi connectivity index (χ0) is 13.1. The van der Waals surface area contributed by atoms with Crippen LogP contribution in [0.1, 0.15) is 11.5 Å². The van der Waals surface area contributed by atoms with Crippen molar-refractivity contribution in [3.8, 4) is 0 Å². The van der Waals surface area contributed by atoms with Crippen molar-refractivity contribution < 1.29 is 34.0 Å². The van der Waals surface area contributed by atoms with E-state index in [1.807, 2.05) is 0 Å². The topological polar surface area (TPSA) is 109 Å². The van der Waals surface area contributed by atoms with Crippen LogP contribution >= 0.6 is 0 Å². The van der Waals surface area contributed by atoms with Crippen molar-refractivity contribution in [2.24, 2.45) is 0 Å². The molecule has 3 heterocycles. The van der Waals surface area contributed by atoms with Gasteiger partial charge in [-0.2, -0.15) is 0 Å². The van der Waals surface area contributed by atoms with Crippen LogP contribution in [-0.4, -0.2) is 45.9 Å². The molecule has 4 atom stereocenters. The maximum Gasteiger partial charge on any atom is 0.352 e. The fourth-order valence-corrected chi connectivity index (χ4v) is 2.36. The first-order valence-corrected chi connectivity index (χ1v) is 5.44. The monoisotopic (exact) mass is 256 g/mol. The Hall–Kier alpha value is -1.41. The first kappa shape index (κ1) is 11.7. The molecule has 7 heteroatoms. The van der Waals surface area contributed by atoms with Crippen LogP contribution in [0, 0.1) is 6.92 Å². The highest BCUT2D eigenvalue weighted by atomic mass is 16.7. The Labute approximate surface area is 102 Å². The highest BCUT2D eigenvalue weighted by Gasteiger charge is 2.75. The predicted molar refractivity (Wildman–Crippen MR) is 54.1 cm³/mol. The summed E-state index contributed by atoms with van der Waals surface area (Å²) < 4.78 is 15.0. The van der Waals surface area contributed by atoms with Crippen LogP contribution in [-0.2, 0) is 19.9 Å². The molecule has 0 radical (unpaired) electrons. The van der Waals surface area contributed by atoms with Crippen LogP contribution in [0.3, 0.4) is 0 Å². The molecule has 2 aliphatic heterocycles. The SMILES string of the molecule is Cc1ccc(C2(O)C(=O)OC3C(O)COC32O)o1. The second-order valence-corrected chi connectivity index (χ2v) is 4.52. The second kappa shape index (κ2) is 3.33. The normalized spacial score (nSPS) is 43.0. The first-order chi connectivity index (χ1) is 8.39. The van der Waals surface area contributed by atoms with Gasteiger partial charge in [0.1, 0.15) is 11.9 Å². The average molecular weight is 256 g/mol. The third-order valence-electron chi connectivity index (χ3n) is 3.35. The Morgan fingerprint density at radius 1 is 1.39 bits per heavy atom. The fraction of sp³-hybridized carbons (Fsp3) is 0.545. The van der Waals surface area contributed by atoms with Crippen LogP contribution in [0.2, 0.25) is 0 Å². The van der Waals surface area contributed by atoms with E-state index in [-0.39, 0.29) is 12.4 Å². The molecule has 1 aromatic heterocycles. The average Bonchev–Trinajstić information content (AvgIpc) is 2.92. The number of aliphatic hydroxyl groups excluding tert-OH is 1. The lowest BCUT2D eigenvalue weighted by Gasteiger charge is -2.29. The summed E-state index contributed by atoms with van der Waals surface area (Å²) in [5.41, 5.74) is -2.47. The summed E-state index contributed by atoms with van der Waals surface area (Å²) in [6, 6.07) is 2.88. The van der Waals surface area contributed by atoms with Crippen LogP contribution in [0.15, 0.2) is 16.5 Å². The summed E-state index contributed by atoms with van der Waals surface area (Å²) in [5, 5.41) is 30.3. The Bertz CT molecular complexity index is 509. The molecule has 18 heavy (non-hydrogen) atoms. The summed E-state index contributed by atoms with van der Waals surface area (Å²) in [7, 11) is 0. The van der Waals surface area contributed by atoms with Gasteiger partial charge < -0.3 is 29.2 Å². The summed E-state index contributed by atoms with van der Waals surface area (Å²) in [5.74, 6) is -3.17. The van der Waals surface area contributed by atoms with Crippen molar-refractivity contribution >= 4 is 5.97 Å². The van der Waals surface area contributed by atoms with E-state index in [4.69, 9.17) is 13.9 Å². The summed E-state index contributed by atoms with van der Waals surface area (Å²) in [4.78, 5) is 11.8. The quantitative estimate of drug-likeness (QED) is 0.540. The van der Waals surface area contributed by atoms with Crippen molar-refractivity contribution in [1.82, 2.24) is 0 Å². The zero-order valence-electron chi connectivity index (χ0n) is 9.49. The predicted octanol–water partition coefficient (Wildman–Crippen LogP) is -1.22. The smallest absolute Gasteiger partial charge is 0.352 e. The Kier molecular flexibility index (Phi) is 2.16. The molecule has 0 aromatic carbocycles. The number of aliphatic hydroxyl groups is 3. The molecule has 7 nitrogen and oxygen atoms in total. The molecule has 0 saturated carbocycles. The van der Waals surface area contributed by atoms with Gasteiger partial charge in [-0.05, 0) is 19.1 Å².